The van der Waals surface area contributed by atoms with Crippen molar-refractivity contribution in [3.63, 3.8) is 0 Å². The third-order valence-electron chi connectivity index (χ3n) is 3.91. The van der Waals surface area contributed by atoms with Crippen molar-refractivity contribution < 1.29 is 4.28 Å². The molecule has 27 heavy (non-hydrogen) atoms. The largest absolute Gasteiger partial charge is 0.382 e. The fourth-order valence-corrected chi connectivity index (χ4v) is 2.39. The summed E-state index contributed by atoms with van der Waals surface area (Å²) >= 11 is 0. The zero-order valence-corrected chi connectivity index (χ0v) is 15.9. The second kappa shape index (κ2) is 12.4. The monoisotopic (exact) mass is 369 g/mol. The minimum Gasteiger partial charge on any atom is -0.382 e. The van der Waals surface area contributed by atoms with E-state index in [1.165, 1.54) is 5.56 Å². The fourth-order valence-electron chi connectivity index (χ4n) is 2.39. The first-order valence-electron chi connectivity index (χ1n) is 9.32. The molecule has 0 spiro atoms. The van der Waals surface area contributed by atoms with Gasteiger partial charge in [0.15, 0.2) is 0 Å². The van der Waals surface area contributed by atoms with Crippen LogP contribution in [0.2, 0.25) is 0 Å². The Morgan fingerprint density at radius 2 is 1.63 bits per heavy atom. The molecule has 0 aliphatic carbocycles. The zero-order chi connectivity index (χ0) is 19.2. The van der Waals surface area contributed by atoms with E-state index in [0.29, 0.717) is 5.82 Å². The van der Waals surface area contributed by atoms with E-state index >= 15 is 0 Å². The van der Waals surface area contributed by atoms with Crippen molar-refractivity contribution in [3.05, 3.63) is 84.3 Å². The number of anilines is 2. The lowest BCUT2D eigenvalue weighted by Gasteiger charge is -2.09. The van der Waals surface area contributed by atoms with Crippen molar-refractivity contribution in [2.45, 2.75) is 19.8 Å². The summed E-state index contributed by atoms with van der Waals surface area (Å²) in [7, 11) is 0. The standard InChI is InChI=1S/C16H23N5.C6H6.3H2/c1-13-5-6-14(12-21-13)7-11-18-8-3-10-19-15-4-2-9-20-16(15)17;1-2-4-6-5-3-1;;;/h2,4-6,9,12,18-19H,3,7-8,10-11H2,1H3,(H2,17,20);1-6H;3*1H. The molecule has 0 bridgehead atoms. The van der Waals surface area contributed by atoms with Crippen LogP contribution in [0.15, 0.2) is 73.1 Å². The van der Waals surface area contributed by atoms with Crippen LogP contribution in [0.5, 0.6) is 0 Å². The number of rotatable bonds is 8. The van der Waals surface area contributed by atoms with Gasteiger partial charge in [-0.3, -0.25) is 4.98 Å². The molecule has 0 saturated heterocycles. The van der Waals surface area contributed by atoms with Crippen LogP contribution in [-0.4, -0.2) is 29.6 Å². The smallest absolute Gasteiger partial charge is 0.146 e. The van der Waals surface area contributed by atoms with E-state index in [9.17, 15) is 0 Å². The molecule has 0 unspecified atom stereocenters. The molecule has 3 rings (SSSR count). The van der Waals surface area contributed by atoms with Crippen molar-refractivity contribution in [1.29, 1.82) is 0 Å². The van der Waals surface area contributed by atoms with Gasteiger partial charge in [-0.1, -0.05) is 42.5 Å². The molecule has 148 valence electrons. The maximum Gasteiger partial charge on any atom is 0.146 e. The van der Waals surface area contributed by atoms with Crippen molar-refractivity contribution >= 4 is 11.5 Å². The minimum absolute atomic E-state index is 0. The van der Waals surface area contributed by atoms with Crippen molar-refractivity contribution in [2.75, 3.05) is 30.7 Å². The summed E-state index contributed by atoms with van der Waals surface area (Å²) in [4.78, 5) is 8.33. The Hall–Kier alpha value is -2.92. The van der Waals surface area contributed by atoms with Crippen molar-refractivity contribution in [1.82, 2.24) is 15.3 Å². The normalized spacial score (nSPS) is 9.96. The number of benzene rings is 1. The van der Waals surface area contributed by atoms with Crippen LogP contribution in [-0.2, 0) is 6.42 Å². The van der Waals surface area contributed by atoms with Crippen molar-refractivity contribution in [3.8, 4) is 0 Å². The first-order chi connectivity index (χ1) is 13.3. The Morgan fingerprint density at radius 1 is 0.889 bits per heavy atom. The van der Waals surface area contributed by atoms with E-state index in [4.69, 9.17) is 5.73 Å². The summed E-state index contributed by atoms with van der Waals surface area (Å²) in [5.74, 6) is 0.553. The molecule has 0 aliphatic rings. The van der Waals surface area contributed by atoms with Gasteiger partial charge >= 0.3 is 0 Å². The molecule has 0 radical (unpaired) electrons. The maximum absolute atomic E-state index is 5.76. The van der Waals surface area contributed by atoms with Crippen LogP contribution < -0.4 is 16.4 Å². The lowest BCUT2D eigenvalue weighted by molar-refractivity contribution is 0.659. The molecule has 2 heterocycles. The first-order valence-corrected chi connectivity index (χ1v) is 9.32. The highest BCUT2D eigenvalue weighted by Crippen LogP contribution is 2.12. The average Bonchev–Trinajstić information content (AvgIpc) is 2.72. The van der Waals surface area contributed by atoms with E-state index in [0.717, 1.165) is 43.9 Å². The molecule has 1 aromatic carbocycles. The van der Waals surface area contributed by atoms with Crippen LogP contribution in [0.1, 0.15) is 22.0 Å². The highest BCUT2D eigenvalue weighted by atomic mass is 15.0. The summed E-state index contributed by atoms with van der Waals surface area (Å²) in [6.45, 7) is 4.84. The van der Waals surface area contributed by atoms with E-state index in [2.05, 4.69) is 32.7 Å². The molecule has 0 saturated carbocycles. The van der Waals surface area contributed by atoms with Crippen LogP contribution in [0.4, 0.5) is 11.5 Å². The topological polar surface area (TPSA) is 75.9 Å². The summed E-state index contributed by atoms with van der Waals surface area (Å²) in [5.41, 5.74) is 9.00. The van der Waals surface area contributed by atoms with E-state index < -0.39 is 0 Å². The van der Waals surface area contributed by atoms with E-state index in [1.54, 1.807) is 6.20 Å². The Morgan fingerprint density at radius 3 is 2.26 bits per heavy atom. The number of nitrogens with one attached hydrogen (secondary N) is 2. The van der Waals surface area contributed by atoms with Crippen molar-refractivity contribution in [2.24, 2.45) is 0 Å². The number of pyridine rings is 2. The predicted molar refractivity (Wildman–Crippen MR) is 120 cm³/mol. The Kier molecular flexibility index (Phi) is 9.39. The third-order valence-corrected chi connectivity index (χ3v) is 3.91. The number of hydrogen-bond donors (Lipinski definition) is 3. The number of aromatic nitrogens is 2. The second-order valence-corrected chi connectivity index (χ2v) is 6.18. The van der Waals surface area contributed by atoms with Crippen LogP contribution in [0.25, 0.3) is 0 Å². The van der Waals surface area contributed by atoms with Crippen LogP contribution in [0.3, 0.4) is 0 Å². The number of nitrogens with zero attached hydrogens (tertiary/aromatic N) is 2. The number of aryl methyl sites for hydroxylation is 1. The molecule has 0 amide bonds. The van der Waals surface area contributed by atoms with Gasteiger partial charge in [0.25, 0.3) is 0 Å². The lowest BCUT2D eigenvalue weighted by atomic mass is 10.2. The number of hydrogen-bond acceptors (Lipinski definition) is 5. The quantitative estimate of drug-likeness (QED) is 0.512. The zero-order valence-electron chi connectivity index (χ0n) is 15.9. The van der Waals surface area contributed by atoms with Gasteiger partial charge in [0.2, 0.25) is 0 Å². The average molecular weight is 370 g/mol. The SMILES string of the molecule is Cc1ccc(CCNCCCNc2cccnc2N)cn1.[HH].[HH].[HH].c1ccccc1. The summed E-state index contributed by atoms with van der Waals surface area (Å²) in [6, 6.07) is 20.0. The van der Waals surface area contributed by atoms with Crippen LogP contribution in [0, 0.1) is 6.92 Å². The van der Waals surface area contributed by atoms with Gasteiger partial charge < -0.3 is 16.4 Å². The molecule has 3 aromatic rings. The van der Waals surface area contributed by atoms with E-state index in [-0.39, 0.29) is 4.28 Å². The molecule has 0 aliphatic heterocycles. The fraction of sp³-hybridized carbons (Fsp3) is 0.273. The van der Waals surface area contributed by atoms with E-state index in [1.807, 2.05) is 61.7 Å². The third kappa shape index (κ3) is 8.83. The molecule has 2 aromatic heterocycles. The van der Waals surface area contributed by atoms with Gasteiger partial charge in [-0.05, 0) is 56.6 Å². The summed E-state index contributed by atoms with van der Waals surface area (Å²) in [5, 5.41) is 6.72. The molecular formula is C22H35N5. The molecule has 5 heteroatoms. The molecule has 0 atom stereocenters. The highest BCUT2D eigenvalue weighted by Gasteiger charge is 1.97. The van der Waals surface area contributed by atoms with Gasteiger partial charge in [-0.15, -0.1) is 0 Å². The Labute approximate surface area is 166 Å². The molecule has 4 N–H and O–H groups in total. The summed E-state index contributed by atoms with van der Waals surface area (Å²) < 4.78 is 0. The summed E-state index contributed by atoms with van der Waals surface area (Å²) in [6.07, 6.45) is 5.70. The Balaban J connectivity index is 0. The molecule has 5 nitrogen and oxygen atoms in total. The highest BCUT2D eigenvalue weighted by molar-refractivity contribution is 5.60. The second-order valence-electron chi connectivity index (χ2n) is 6.18. The van der Waals surface area contributed by atoms with Crippen LogP contribution >= 0.6 is 0 Å². The lowest BCUT2D eigenvalue weighted by Crippen LogP contribution is -2.21. The molecular weight excluding hydrogens is 334 g/mol. The Bertz CT molecular complexity index is 732. The van der Waals surface area contributed by atoms with Gasteiger partial charge in [-0.2, -0.15) is 0 Å². The number of nitrogen functional groups attached to an aromatic ring is 1. The predicted octanol–water partition coefficient (Wildman–Crippen LogP) is 4.43. The number of nitrogens with two attached hydrogens (primary N) is 1. The van der Waals surface area contributed by atoms with Gasteiger partial charge in [-0.25, -0.2) is 4.98 Å². The first kappa shape index (κ1) is 20.4. The molecule has 0 fully saturated rings. The van der Waals surface area contributed by atoms with Gasteiger partial charge in [0.05, 0.1) is 5.69 Å². The van der Waals surface area contributed by atoms with Gasteiger partial charge in [0, 0.05) is 28.9 Å². The van der Waals surface area contributed by atoms with Gasteiger partial charge in [0.1, 0.15) is 5.82 Å². The minimum atomic E-state index is 0. The maximum atomic E-state index is 5.76.